The summed E-state index contributed by atoms with van der Waals surface area (Å²) in [6, 6.07) is 1.87. The second kappa shape index (κ2) is 5.22. The van der Waals surface area contributed by atoms with Crippen molar-refractivity contribution in [1.82, 2.24) is 19.7 Å². The van der Waals surface area contributed by atoms with E-state index < -0.39 is 0 Å². The number of nitrogens with zero attached hydrogens (tertiary/aromatic N) is 3. The van der Waals surface area contributed by atoms with E-state index in [0.29, 0.717) is 10.6 Å². The number of nitrogens with one attached hydrogen (secondary N) is 1. The smallest absolute Gasteiger partial charge is 0.130 e. The van der Waals surface area contributed by atoms with Crippen molar-refractivity contribution in [3.8, 4) is 11.3 Å². The number of H-pyrrole nitrogens is 1. The minimum atomic E-state index is 0.312. The van der Waals surface area contributed by atoms with Crippen LogP contribution in [0.4, 0.5) is 0 Å². The zero-order chi connectivity index (χ0) is 13.2. The normalized spacial score (nSPS) is 19.5. The van der Waals surface area contributed by atoms with Gasteiger partial charge in [0, 0.05) is 31.3 Å². The standard InChI is InChI=1S/C13H16N4OS/c1-17-7-10(6-14-17)11-5-12(19)16-13(15-11)9-3-2-4-18-8-9/h5-7,9H,2-4,8H2,1H3,(H,15,16,19). The Bertz CT molecular complexity index is 628. The van der Waals surface area contributed by atoms with E-state index in [9.17, 15) is 0 Å². The molecule has 5 nitrogen and oxygen atoms in total. The van der Waals surface area contributed by atoms with Crippen molar-refractivity contribution in [2.45, 2.75) is 18.8 Å². The first-order chi connectivity index (χ1) is 9.22. The van der Waals surface area contributed by atoms with Gasteiger partial charge in [0.1, 0.15) is 10.5 Å². The fourth-order valence-electron chi connectivity index (χ4n) is 2.34. The summed E-state index contributed by atoms with van der Waals surface area (Å²) in [7, 11) is 1.90. The SMILES string of the molecule is Cn1cc(-c2cc(=S)nc(C3CCCOC3)[nH]2)cn1. The first kappa shape index (κ1) is 12.5. The topological polar surface area (TPSA) is 55.7 Å². The van der Waals surface area contributed by atoms with Crippen molar-refractivity contribution < 1.29 is 4.74 Å². The van der Waals surface area contributed by atoms with Gasteiger partial charge in [-0.2, -0.15) is 5.10 Å². The zero-order valence-corrected chi connectivity index (χ0v) is 11.6. The molecular weight excluding hydrogens is 260 g/mol. The summed E-state index contributed by atoms with van der Waals surface area (Å²) in [6.07, 6.45) is 5.95. The maximum atomic E-state index is 5.52. The molecule has 1 aliphatic heterocycles. The molecular formula is C13H16N4OS. The minimum Gasteiger partial charge on any atom is -0.381 e. The average molecular weight is 276 g/mol. The van der Waals surface area contributed by atoms with Gasteiger partial charge in [-0.15, -0.1) is 0 Å². The van der Waals surface area contributed by atoms with Crippen LogP contribution in [-0.2, 0) is 11.8 Å². The highest BCUT2D eigenvalue weighted by Gasteiger charge is 2.18. The summed E-state index contributed by atoms with van der Waals surface area (Å²) in [6.45, 7) is 1.56. The Labute approximate surface area is 116 Å². The number of aromatic amines is 1. The predicted octanol–water partition coefficient (Wildman–Crippen LogP) is 2.43. The highest BCUT2D eigenvalue weighted by atomic mass is 32.1. The van der Waals surface area contributed by atoms with E-state index in [2.05, 4.69) is 15.1 Å². The Kier molecular flexibility index (Phi) is 3.44. The Hall–Kier alpha value is -1.53. The fourth-order valence-corrected chi connectivity index (χ4v) is 2.56. The van der Waals surface area contributed by atoms with Crippen LogP contribution < -0.4 is 0 Å². The molecule has 19 heavy (non-hydrogen) atoms. The Balaban J connectivity index is 1.98. The van der Waals surface area contributed by atoms with Gasteiger partial charge in [0.25, 0.3) is 0 Å². The van der Waals surface area contributed by atoms with Gasteiger partial charge in [0.15, 0.2) is 0 Å². The Morgan fingerprint density at radius 3 is 3.11 bits per heavy atom. The maximum Gasteiger partial charge on any atom is 0.130 e. The molecule has 0 spiro atoms. The molecule has 1 fully saturated rings. The van der Waals surface area contributed by atoms with Crippen LogP contribution in [0.15, 0.2) is 18.5 Å². The highest BCUT2D eigenvalue weighted by molar-refractivity contribution is 7.71. The summed E-state index contributed by atoms with van der Waals surface area (Å²) < 4.78 is 7.90. The molecule has 2 aromatic rings. The third kappa shape index (κ3) is 2.74. The number of hydrogen-bond donors (Lipinski definition) is 1. The molecule has 0 radical (unpaired) electrons. The van der Waals surface area contributed by atoms with Crippen LogP contribution in [0.1, 0.15) is 24.6 Å². The van der Waals surface area contributed by atoms with Gasteiger partial charge in [-0.25, -0.2) is 4.98 Å². The Morgan fingerprint density at radius 1 is 1.53 bits per heavy atom. The molecule has 1 unspecified atom stereocenters. The van der Waals surface area contributed by atoms with E-state index in [-0.39, 0.29) is 0 Å². The molecule has 1 atom stereocenters. The second-order valence-electron chi connectivity index (χ2n) is 4.84. The lowest BCUT2D eigenvalue weighted by atomic mass is 10.0. The first-order valence-corrected chi connectivity index (χ1v) is 6.81. The number of rotatable bonds is 2. The van der Waals surface area contributed by atoms with E-state index in [1.807, 2.05) is 25.5 Å². The van der Waals surface area contributed by atoms with E-state index in [4.69, 9.17) is 17.0 Å². The molecule has 1 N–H and O–H groups in total. The molecule has 0 saturated carbocycles. The lowest BCUT2D eigenvalue weighted by Gasteiger charge is -2.21. The zero-order valence-electron chi connectivity index (χ0n) is 10.8. The molecule has 0 aliphatic carbocycles. The molecule has 6 heteroatoms. The van der Waals surface area contributed by atoms with Gasteiger partial charge in [-0.1, -0.05) is 12.2 Å². The van der Waals surface area contributed by atoms with Crippen molar-refractivity contribution in [3.63, 3.8) is 0 Å². The van der Waals surface area contributed by atoms with Crippen molar-refractivity contribution in [1.29, 1.82) is 0 Å². The second-order valence-corrected chi connectivity index (χ2v) is 5.25. The number of aryl methyl sites for hydroxylation is 1. The summed E-state index contributed by atoms with van der Waals surface area (Å²) >= 11 is 5.26. The van der Waals surface area contributed by atoms with Crippen LogP contribution in [0, 0.1) is 4.64 Å². The summed E-state index contributed by atoms with van der Waals surface area (Å²) in [5.41, 5.74) is 1.99. The van der Waals surface area contributed by atoms with Crippen LogP contribution in [0.2, 0.25) is 0 Å². The molecule has 3 rings (SSSR count). The van der Waals surface area contributed by atoms with Crippen LogP contribution in [-0.4, -0.2) is 33.0 Å². The van der Waals surface area contributed by atoms with Gasteiger partial charge >= 0.3 is 0 Å². The molecule has 0 aromatic carbocycles. The molecule has 2 aromatic heterocycles. The lowest BCUT2D eigenvalue weighted by molar-refractivity contribution is 0.0780. The van der Waals surface area contributed by atoms with E-state index in [1.54, 1.807) is 4.68 Å². The van der Waals surface area contributed by atoms with Crippen molar-refractivity contribution in [2.75, 3.05) is 13.2 Å². The minimum absolute atomic E-state index is 0.312. The lowest BCUT2D eigenvalue weighted by Crippen LogP contribution is -2.18. The fraction of sp³-hybridized carbons (Fsp3) is 0.462. The van der Waals surface area contributed by atoms with Crippen molar-refractivity contribution >= 4 is 12.2 Å². The average Bonchev–Trinajstić information content (AvgIpc) is 2.86. The number of ether oxygens (including phenoxy) is 1. The molecule has 1 aliphatic rings. The van der Waals surface area contributed by atoms with Gasteiger partial charge in [-0.3, -0.25) is 4.68 Å². The maximum absolute atomic E-state index is 5.52. The molecule has 0 amide bonds. The predicted molar refractivity (Wildman–Crippen MR) is 74.4 cm³/mol. The van der Waals surface area contributed by atoms with Gasteiger partial charge in [0.05, 0.1) is 18.5 Å². The van der Waals surface area contributed by atoms with Crippen LogP contribution in [0.25, 0.3) is 11.3 Å². The first-order valence-electron chi connectivity index (χ1n) is 6.40. The summed E-state index contributed by atoms with van der Waals surface area (Å²) in [4.78, 5) is 7.82. The monoisotopic (exact) mass is 276 g/mol. The molecule has 1 saturated heterocycles. The number of aromatic nitrogens is 4. The molecule has 3 heterocycles. The van der Waals surface area contributed by atoms with Gasteiger partial charge < -0.3 is 9.72 Å². The van der Waals surface area contributed by atoms with Crippen LogP contribution in [0.5, 0.6) is 0 Å². The summed E-state index contributed by atoms with van der Waals surface area (Å²) in [5.74, 6) is 1.23. The van der Waals surface area contributed by atoms with Crippen LogP contribution in [0.3, 0.4) is 0 Å². The van der Waals surface area contributed by atoms with Crippen LogP contribution >= 0.6 is 12.2 Å². The van der Waals surface area contributed by atoms with Gasteiger partial charge in [0.2, 0.25) is 0 Å². The van der Waals surface area contributed by atoms with Crippen molar-refractivity contribution in [3.05, 3.63) is 28.9 Å². The number of hydrogen-bond acceptors (Lipinski definition) is 4. The van der Waals surface area contributed by atoms with E-state index in [1.165, 1.54) is 0 Å². The quantitative estimate of drug-likeness (QED) is 0.856. The third-order valence-electron chi connectivity index (χ3n) is 3.32. The van der Waals surface area contributed by atoms with E-state index >= 15 is 0 Å². The third-order valence-corrected chi connectivity index (χ3v) is 3.53. The Morgan fingerprint density at radius 2 is 2.42 bits per heavy atom. The largest absolute Gasteiger partial charge is 0.381 e. The molecule has 100 valence electrons. The van der Waals surface area contributed by atoms with Crippen molar-refractivity contribution in [2.24, 2.45) is 7.05 Å². The molecule has 0 bridgehead atoms. The summed E-state index contributed by atoms with van der Waals surface area (Å²) in [5, 5.41) is 4.18. The highest BCUT2D eigenvalue weighted by Crippen LogP contribution is 2.24. The van der Waals surface area contributed by atoms with Gasteiger partial charge in [-0.05, 0) is 18.9 Å². The van der Waals surface area contributed by atoms with E-state index in [0.717, 1.165) is 43.1 Å².